The summed E-state index contributed by atoms with van der Waals surface area (Å²) in [6, 6.07) is 10.2. The van der Waals surface area contributed by atoms with Crippen molar-refractivity contribution in [1.82, 2.24) is 10.3 Å². The van der Waals surface area contributed by atoms with Crippen LogP contribution in [0.5, 0.6) is 11.5 Å². The molecule has 0 aliphatic carbocycles. The van der Waals surface area contributed by atoms with Crippen molar-refractivity contribution < 1.29 is 9.47 Å². The summed E-state index contributed by atoms with van der Waals surface area (Å²) in [5.74, 6) is 1.65. The molecular formula is C17H22N2O2. The van der Waals surface area contributed by atoms with Crippen molar-refractivity contribution in [2.24, 2.45) is 0 Å². The molecule has 2 rings (SSSR count). The van der Waals surface area contributed by atoms with Gasteiger partial charge in [0.2, 0.25) is 0 Å². The molecule has 1 unspecified atom stereocenters. The topological polar surface area (TPSA) is 43.4 Å². The van der Waals surface area contributed by atoms with Gasteiger partial charge in [-0.3, -0.25) is 4.98 Å². The van der Waals surface area contributed by atoms with Gasteiger partial charge in [0.1, 0.15) is 11.5 Å². The summed E-state index contributed by atoms with van der Waals surface area (Å²) in [6.07, 6.45) is 4.65. The molecule has 0 aliphatic rings. The van der Waals surface area contributed by atoms with Crippen LogP contribution in [-0.2, 0) is 6.42 Å². The van der Waals surface area contributed by atoms with E-state index in [9.17, 15) is 0 Å². The molecule has 0 saturated carbocycles. The predicted octanol–water partition coefficient (Wildman–Crippen LogP) is 2.99. The lowest BCUT2D eigenvalue weighted by molar-refractivity contribution is 0.386. The molecule has 2 aromatic rings. The highest BCUT2D eigenvalue weighted by atomic mass is 16.5. The van der Waals surface area contributed by atoms with Crippen LogP contribution < -0.4 is 14.8 Å². The highest BCUT2D eigenvalue weighted by Gasteiger charge is 2.11. The first-order chi connectivity index (χ1) is 10.2. The van der Waals surface area contributed by atoms with Gasteiger partial charge in [-0.2, -0.15) is 0 Å². The quantitative estimate of drug-likeness (QED) is 0.849. The van der Waals surface area contributed by atoms with Crippen LogP contribution in [0.1, 0.15) is 24.1 Å². The average molecular weight is 286 g/mol. The molecule has 1 aromatic carbocycles. The second kappa shape index (κ2) is 7.64. The molecule has 0 radical (unpaired) electrons. The Morgan fingerprint density at radius 3 is 2.71 bits per heavy atom. The van der Waals surface area contributed by atoms with E-state index in [0.29, 0.717) is 0 Å². The van der Waals surface area contributed by atoms with E-state index < -0.39 is 0 Å². The molecule has 4 heteroatoms. The Morgan fingerprint density at radius 1 is 1.19 bits per heavy atom. The van der Waals surface area contributed by atoms with Crippen molar-refractivity contribution in [3.8, 4) is 11.5 Å². The second-order valence-electron chi connectivity index (χ2n) is 4.89. The Balaban J connectivity index is 1.95. The lowest BCUT2D eigenvalue weighted by Gasteiger charge is -2.18. The molecule has 112 valence electrons. The summed E-state index contributed by atoms with van der Waals surface area (Å²) in [6.45, 7) is 3.02. The van der Waals surface area contributed by atoms with Crippen LogP contribution in [0.4, 0.5) is 0 Å². The van der Waals surface area contributed by atoms with E-state index in [0.717, 1.165) is 30.0 Å². The van der Waals surface area contributed by atoms with Gasteiger partial charge in [-0.25, -0.2) is 0 Å². The van der Waals surface area contributed by atoms with Gasteiger partial charge in [0.05, 0.1) is 14.2 Å². The first-order valence-electron chi connectivity index (χ1n) is 7.09. The highest BCUT2D eigenvalue weighted by molar-refractivity contribution is 5.42. The van der Waals surface area contributed by atoms with E-state index in [1.807, 2.05) is 30.5 Å². The average Bonchev–Trinajstić information content (AvgIpc) is 2.55. The number of nitrogens with zero attached hydrogens (tertiary/aromatic N) is 1. The van der Waals surface area contributed by atoms with E-state index in [-0.39, 0.29) is 6.04 Å². The van der Waals surface area contributed by atoms with Crippen LogP contribution in [0.2, 0.25) is 0 Å². The molecule has 1 aromatic heterocycles. The third kappa shape index (κ3) is 4.20. The predicted molar refractivity (Wildman–Crippen MR) is 83.9 cm³/mol. The van der Waals surface area contributed by atoms with Gasteiger partial charge in [0.25, 0.3) is 0 Å². The number of aromatic nitrogens is 1. The minimum absolute atomic E-state index is 0.211. The first kappa shape index (κ1) is 15.3. The molecule has 0 fully saturated rings. The van der Waals surface area contributed by atoms with Gasteiger partial charge in [-0.1, -0.05) is 12.1 Å². The van der Waals surface area contributed by atoms with Crippen LogP contribution in [-0.4, -0.2) is 25.7 Å². The molecule has 0 aliphatic heterocycles. The molecule has 0 spiro atoms. The number of hydrogen-bond acceptors (Lipinski definition) is 4. The van der Waals surface area contributed by atoms with E-state index in [4.69, 9.17) is 9.47 Å². The lowest BCUT2D eigenvalue weighted by atomic mass is 10.1. The maximum Gasteiger partial charge on any atom is 0.127 e. The summed E-state index contributed by atoms with van der Waals surface area (Å²) in [5.41, 5.74) is 2.36. The normalized spacial score (nSPS) is 12.0. The zero-order valence-corrected chi connectivity index (χ0v) is 12.8. The number of hydrogen-bond donors (Lipinski definition) is 1. The molecule has 4 nitrogen and oxygen atoms in total. The van der Waals surface area contributed by atoms with Crippen LogP contribution >= 0.6 is 0 Å². The fourth-order valence-corrected chi connectivity index (χ4v) is 2.27. The van der Waals surface area contributed by atoms with Crippen molar-refractivity contribution in [2.45, 2.75) is 19.4 Å². The fourth-order valence-electron chi connectivity index (χ4n) is 2.27. The van der Waals surface area contributed by atoms with Crippen molar-refractivity contribution in [3.05, 3.63) is 53.9 Å². The van der Waals surface area contributed by atoms with Crippen LogP contribution in [0, 0.1) is 0 Å². The second-order valence-corrected chi connectivity index (χ2v) is 4.89. The van der Waals surface area contributed by atoms with Crippen molar-refractivity contribution in [2.75, 3.05) is 20.8 Å². The van der Waals surface area contributed by atoms with E-state index in [1.165, 1.54) is 5.56 Å². The summed E-state index contributed by atoms with van der Waals surface area (Å²) in [7, 11) is 3.34. The maximum atomic E-state index is 5.44. The number of benzene rings is 1. The molecule has 21 heavy (non-hydrogen) atoms. The largest absolute Gasteiger partial charge is 0.497 e. The summed E-state index contributed by atoms with van der Waals surface area (Å²) >= 11 is 0. The third-order valence-electron chi connectivity index (χ3n) is 3.49. The van der Waals surface area contributed by atoms with Crippen molar-refractivity contribution in [3.63, 3.8) is 0 Å². The number of methoxy groups -OCH3 is 2. The zero-order valence-electron chi connectivity index (χ0n) is 12.8. The van der Waals surface area contributed by atoms with Crippen LogP contribution in [0.25, 0.3) is 0 Å². The van der Waals surface area contributed by atoms with Gasteiger partial charge in [0, 0.05) is 30.1 Å². The van der Waals surface area contributed by atoms with Gasteiger partial charge in [0.15, 0.2) is 0 Å². The van der Waals surface area contributed by atoms with Gasteiger partial charge in [-0.15, -0.1) is 0 Å². The minimum Gasteiger partial charge on any atom is -0.497 e. The standard InChI is InChI=1S/C17H22N2O2/c1-13(19-10-8-14-5-4-9-18-12-14)16-7-6-15(20-2)11-17(16)21-3/h4-7,9,11-13,19H,8,10H2,1-3H3. The molecule has 0 amide bonds. The molecular weight excluding hydrogens is 264 g/mol. The van der Waals surface area contributed by atoms with E-state index in [2.05, 4.69) is 23.3 Å². The molecule has 1 N–H and O–H groups in total. The Bertz CT molecular complexity index is 558. The monoisotopic (exact) mass is 286 g/mol. The smallest absolute Gasteiger partial charge is 0.127 e. The van der Waals surface area contributed by atoms with Gasteiger partial charge < -0.3 is 14.8 Å². The van der Waals surface area contributed by atoms with Crippen LogP contribution in [0.15, 0.2) is 42.7 Å². The van der Waals surface area contributed by atoms with Crippen molar-refractivity contribution in [1.29, 1.82) is 0 Å². The number of ether oxygens (including phenoxy) is 2. The number of pyridine rings is 1. The fraction of sp³-hybridized carbons (Fsp3) is 0.353. The minimum atomic E-state index is 0.211. The summed E-state index contributed by atoms with van der Waals surface area (Å²) in [4.78, 5) is 4.13. The van der Waals surface area contributed by atoms with Crippen molar-refractivity contribution >= 4 is 0 Å². The molecule has 0 bridgehead atoms. The first-order valence-corrected chi connectivity index (χ1v) is 7.09. The number of nitrogens with one attached hydrogen (secondary N) is 1. The SMILES string of the molecule is COc1ccc(C(C)NCCc2cccnc2)c(OC)c1. The number of rotatable bonds is 7. The van der Waals surface area contributed by atoms with E-state index >= 15 is 0 Å². The Labute approximate surface area is 126 Å². The highest BCUT2D eigenvalue weighted by Crippen LogP contribution is 2.29. The zero-order chi connectivity index (χ0) is 15.1. The summed E-state index contributed by atoms with van der Waals surface area (Å²) < 4.78 is 10.7. The Kier molecular flexibility index (Phi) is 5.58. The Hall–Kier alpha value is -2.07. The van der Waals surface area contributed by atoms with E-state index in [1.54, 1.807) is 20.4 Å². The molecule has 0 saturated heterocycles. The Morgan fingerprint density at radius 2 is 2.05 bits per heavy atom. The molecule has 1 atom stereocenters. The van der Waals surface area contributed by atoms with Gasteiger partial charge >= 0.3 is 0 Å². The third-order valence-corrected chi connectivity index (χ3v) is 3.49. The lowest BCUT2D eigenvalue weighted by Crippen LogP contribution is -2.21. The maximum absolute atomic E-state index is 5.44. The molecule has 1 heterocycles. The van der Waals surface area contributed by atoms with Crippen LogP contribution in [0.3, 0.4) is 0 Å². The summed E-state index contributed by atoms with van der Waals surface area (Å²) in [5, 5.41) is 3.51. The van der Waals surface area contributed by atoms with Gasteiger partial charge in [-0.05, 0) is 37.6 Å².